The number of hydrogen-bond acceptors (Lipinski definition) is 11. The van der Waals surface area contributed by atoms with Crippen molar-refractivity contribution in [3.8, 4) is 0 Å². The number of benzene rings is 3. The molecule has 47 heavy (non-hydrogen) atoms. The largest absolute Gasteiger partial charge is 0.421 e. The molecule has 254 valence electrons. The number of esters is 2. The van der Waals surface area contributed by atoms with Crippen LogP contribution in [0.1, 0.15) is 50.7 Å². The van der Waals surface area contributed by atoms with E-state index in [-0.39, 0.29) is 34.2 Å². The van der Waals surface area contributed by atoms with Gasteiger partial charge in [-0.25, -0.2) is 21.6 Å². The van der Waals surface area contributed by atoms with E-state index in [4.69, 9.17) is 14.7 Å². The number of carbonyl (C=O) groups excluding carboxylic acids is 2. The Morgan fingerprint density at radius 3 is 1.91 bits per heavy atom. The summed E-state index contributed by atoms with van der Waals surface area (Å²) in [5.41, 5.74) is 1.38. The fraction of sp³-hybridized carbons (Fsp3) is 0.344. The van der Waals surface area contributed by atoms with Crippen molar-refractivity contribution in [3.63, 3.8) is 0 Å². The number of rotatable bonds is 16. The quantitative estimate of drug-likeness (QED) is 0.0662. The molecule has 0 saturated heterocycles. The van der Waals surface area contributed by atoms with E-state index in [2.05, 4.69) is 9.88 Å². The molecule has 0 fully saturated rings. The van der Waals surface area contributed by atoms with Crippen LogP contribution in [0.2, 0.25) is 0 Å². The Hall–Kier alpha value is -4.15. The van der Waals surface area contributed by atoms with Crippen LogP contribution in [0.3, 0.4) is 0 Å². The summed E-state index contributed by atoms with van der Waals surface area (Å²) < 4.78 is 68.3. The van der Waals surface area contributed by atoms with Crippen molar-refractivity contribution >= 4 is 38.2 Å². The lowest BCUT2D eigenvalue weighted by Gasteiger charge is -2.30. The monoisotopic (exact) mass is 689 g/mol. The molecule has 0 radical (unpaired) electrons. The number of ether oxygens (including phenoxy) is 2. The highest BCUT2D eigenvalue weighted by Gasteiger charge is 2.33. The molecular formula is C32H39N3O10S2. The van der Waals surface area contributed by atoms with Crippen molar-refractivity contribution in [2.24, 2.45) is 11.1 Å². The number of oxime groups is 1. The number of aliphatic hydroxyl groups is 1. The van der Waals surface area contributed by atoms with E-state index in [1.54, 1.807) is 30.3 Å². The van der Waals surface area contributed by atoms with Gasteiger partial charge in [0.15, 0.2) is 0 Å². The Kier molecular flexibility index (Phi) is 13.2. The van der Waals surface area contributed by atoms with E-state index >= 15 is 0 Å². The summed E-state index contributed by atoms with van der Waals surface area (Å²) in [7, 11) is -8.43. The summed E-state index contributed by atoms with van der Waals surface area (Å²) in [5, 5.41) is 23.2. The molecule has 0 bridgehead atoms. The summed E-state index contributed by atoms with van der Waals surface area (Å²) in [6.45, 7) is 5.52. The Labute approximate surface area is 274 Å². The summed E-state index contributed by atoms with van der Waals surface area (Å²) in [5.74, 6) is -1.56. The van der Waals surface area contributed by atoms with Crippen molar-refractivity contribution in [2.75, 3.05) is 13.1 Å². The van der Waals surface area contributed by atoms with Crippen LogP contribution in [0, 0.1) is 5.92 Å². The van der Waals surface area contributed by atoms with Crippen molar-refractivity contribution in [1.82, 2.24) is 9.03 Å². The second-order valence-corrected chi connectivity index (χ2v) is 14.8. The third-order valence-electron chi connectivity index (χ3n) is 6.76. The third-order valence-corrected chi connectivity index (χ3v) is 10.1. The van der Waals surface area contributed by atoms with Gasteiger partial charge in [0.25, 0.3) is 6.29 Å². The molecule has 0 unspecified atom stereocenters. The zero-order valence-electron chi connectivity index (χ0n) is 26.4. The van der Waals surface area contributed by atoms with Crippen LogP contribution in [0.4, 0.5) is 0 Å². The first-order valence-electron chi connectivity index (χ1n) is 14.6. The van der Waals surface area contributed by atoms with E-state index in [1.807, 2.05) is 13.8 Å². The van der Waals surface area contributed by atoms with Crippen LogP contribution in [0.25, 0.3) is 0 Å². The SMILES string of the molecule is CC(=O)OC(OC(C)=O)c1ccc(S(=O)(=O)N[C@@H](Cc2ccccc2)[C@H](O)CN(CC(C)C)S(=O)(=O)c2ccc(C=NO)cc2)cc1. The minimum absolute atomic E-state index is 0.0328. The number of carbonyl (C=O) groups is 2. The number of hydrogen-bond donors (Lipinski definition) is 3. The van der Waals surface area contributed by atoms with Gasteiger partial charge in [-0.1, -0.05) is 73.6 Å². The van der Waals surface area contributed by atoms with Gasteiger partial charge in [-0.3, -0.25) is 9.59 Å². The number of nitrogens with one attached hydrogen (secondary N) is 1. The molecule has 2 atom stereocenters. The minimum atomic E-state index is -4.30. The van der Waals surface area contributed by atoms with Crippen molar-refractivity contribution in [2.45, 2.75) is 62.3 Å². The fourth-order valence-electron chi connectivity index (χ4n) is 4.61. The molecule has 0 aliphatic heterocycles. The zero-order chi connectivity index (χ0) is 34.8. The van der Waals surface area contributed by atoms with Gasteiger partial charge in [-0.15, -0.1) is 0 Å². The summed E-state index contributed by atoms with van der Waals surface area (Å²) >= 11 is 0. The lowest BCUT2D eigenvalue weighted by Crippen LogP contribution is -2.51. The van der Waals surface area contributed by atoms with E-state index in [0.717, 1.165) is 24.4 Å². The first-order chi connectivity index (χ1) is 22.1. The molecule has 0 saturated carbocycles. The molecule has 0 aromatic heterocycles. The lowest BCUT2D eigenvalue weighted by molar-refractivity contribution is -0.186. The fourth-order valence-corrected chi connectivity index (χ4v) is 7.50. The second kappa shape index (κ2) is 16.6. The van der Waals surface area contributed by atoms with Crippen molar-refractivity contribution < 1.29 is 46.2 Å². The molecule has 3 aromatic carbocycles. The van der Waals surface area contributed by atoms with Gasteiger partial charge in [0.05, 0.1) is 28.2 Å². The van der Waals surface area contributed by atoms with Crippen molar-refractivity contribution in [3.05, 3.63) is 95.6 Å². The summed E-state index contributed by atoms with van der Waals surface area (Å²) in [6.07, 6.45) is -1.69. The highest BCUT2D eigenvalue weighted by Crippen LogP contribution is 2.23. The van der Waals surface area contributed by atoms with Crippen LogP contribution in [0.15, 0.2) is 93.8 Å². The van der Waals surface area contributed by atoms with E-state index in [9.17, 15) is 31.5 Å². The maximum atomic E-state index is 13.7. The van der Waals surface area contributed by atoms with Crippen LogP contribution in [0.5, 0.6) is 0 Å². The van der Waals surface area contributed by atoms with Gasteiger partial charge in [0.2, 0.25) is 20.0 Å². The molecule has 3 N–H and O–H groups in total. The Bertz CT molecular complexity index is 1710. The highest BCUT2D eigenvalue weighted by atomic mass is 32.2. The van der Waals surface area contributed by atoms with Crippen molar-refractivity contribution in [1.29, 1.82) is 0 Å². The Morgan fingerprint density at radius 2 is 1.40 bits per heavy atom. The summed E-state index contributed by atoms with van der Waals surface area (Å²) in [6, 6.07) is 18.4. The molecule has 0 heterocycles. The zero-order valence-corrected chi connectivity index (χ0v) is 28.0. The molecule has 3 rings (SSSR count). The molecule has 13 nitrogen and oxygen atoms in total. The minimum Gasteiger partial charge on any atom is -0.421 e. The van der Waals surface area contributed by atoms with Gasteiger partial charge < -0.3 is 19.8 Å². The van der Waals surface area contributed by atoms with Crippen LogP contribution >= 0.6 is 0 Å². The average Bonchev–Trinajstić information content (AvgIpc) is 3.00. The highest BCUT2D eigenvalue weighted by molar-refractivity contribution is 7.89. The van der Waals surface area contributed by atoms with Crippen LogP contribution in [-0.4, -0.2) is 74.8 Å². The third kappa shape index (κ3) is 11.0. The van der Waals surface area contributed by atoms with Gasteiger partial charge in [-0.05, 0) is 47.7 Å². The van der Waals surface area contributed by atoms with Gasteiger partial charge in [-0.2, -0.15) is 4.31 Å². The number of sulfonamides is 2. The Balaban J connectivity index is 1.93. The predicted octanol–water partition coefficient (Wildman–Crippen LogP) is 3.22. The molecule has 3 aromatic rings. The smallest absolute Gasteiger partial charge is 0.305 e. The molecule has 0 aliphatic rings. The summed E-state index contributed by atoms with van der Waals surface area (Å²) in [4.78, 5) is 22.7. The van der Waals surface area contributed by atoms with Gasteiger partial charge in [0.1, 0.15) is 0 Å². The van der Waals surface area contributed by atoms with E-state index < -0.39 is 57.0 Å². The molecule has 0 aliphatic carbocycles. The van der Waals surface area contributed by atoms with E-state index in [0.29, 0.717) is 11.1 Å². The standard InChI is InChI=1S/C32H39N3O10S2/c1-22(2)20-35(47(42,43)29-14-10-26(11-15-29)19-33-39)21-31(38)30(18-25-8-6-5-7-9-25)34-46(40,41)28-16-12-27(13-17-28)32(44-23(3)36)45-24(4)37/h5-17,19,22,30-32,34,38-39H,18,20-21H2,1-4H3/t30-,31+/m0/s1. The van der Waals surface area contributed by atoms with E-state index in [1.165, 1.54) is 48.5 Å². The molecule has 0 spiro atoms. The first kappa shape index (κ1) is 37.3. The first-order valence-corrected chi connectivity index (χ1v) is 17.5. The van der Waals surface area contributed by atoms with Crippen LogP contribution < -0.4 is 4.72 Å². The predicted molar refractivity (Wildman–Crippen MR) is 172 cm³/mol. The normalized spacial score (nSPS) is 13.6. The maximum Gasteiger partial charge on any atom is 0.305 e. The van der Waals surface area contributed by atoms with Gasteiger partial charge in [0, 0.05) is 32.5 Å². The number of nitrogens with zero attached hydrogens (tertiary/aromatic N) is 2. The maximum absolute atomic E-state index is 13.7. The molecular weight excluding hydrogens is 650 g/mol. The topological polar surface area (TPSA) is 189 Å². The van der Waals surface area contributed by atoms with Gasteiger partial charge >= 0.3 is 11.9 Å². The molecule has 15 heteroatoms. The molecule has 0 amide bonds. The Morgan fingerprint density at radius 1 is 0.851 bits per heavy atom. The lowest BCUT2D eigenvalue weighted by atomic mass is 10.0. The average molecular weight is 690 g/mol. The second-order valence-electron chi connectivity index (χ2n) is 11.1. The number of aliphatic hydroxyl groups excluding tert-OH is 1. The van der Waals surface area contributed by atoms with Crippen LogP contribution in [-0.2, 0) is 45.5 Å².